The van der Waals surface area contributed by atoms with Crippen LogP contribution in [0.15, 0.2) is 21.6 Å². The summed E-state index contributed by atoms with van der Waals surface area (Å²) in [5.41, 5.74) is 0. The smallest absolute Gasteiger partial charge is 0.274 e. The number of furan rings is 1. The monoisotopic (exact) mass is 262 g/mol. The van der Waals surface area contributed by atoms with Crippen molar-refractivity contribution in [2.24, 2.45) is 0 Å². The number of methoxy groups -OCH3 is 1. The first kappa shape index (κ1) is 14.2. The van der Waals surface area contributed by atoms with Gasteiger partial charge in [0.1, 0.15) is 5.76 Å². The lowest BCUT2D eigenvalue weighted by Crippen LogP contribution is -2.26. The highest BCUT2D eigenvalue weighted by Gasteiger charge is 2.17. The summed E-state index contributed by atoms with van der Waals surface area (Å²) in [5.74, 6) is 0.596. The Bertz CT molecular complexity index is 427. The number of hydrogen-bond acceptors (Lipinski definition) is 5. The molecule has 2 N–H and O–H groups in total. The first-order chi connectivity index (χ1) is 8.10. The van der Waals surface area contributed by atoms with Gasteiger partial charge >= 0.3 is 0 Å². The number of ether oxygens (including phenoxy) is 1. The van der Waals surface area contributed by atoms with E-state index >= 15 is 0 Å². The van der Waals surface area contributed by atoms with Gasteiger partial charge in [0.05, 0.1) is 13.2 Å². The van der Waals surface area contributed by atoms with Crippen molar-refractivity contribution in [3.05, 3.63) is 17.9 Å². The fourth-order valence-electron chi connectivity index (χ4n) is 1.20. The molecule has 1 aromatic heterocycles. The van der Waals surface area contributed by atoms with Crippen LogP contribution in [0.1, 0.15) is 12.7 Å². The lowest BCUT2D eigenvalue weighted by molar-refractivity contribution is 0.204. The molecule has 0 aliphatic carbocycles. The summed E-state index contributed by atoms with van der Waals surface area (Å²) < 4.78 is 35.8. The van der Waals surface area contributed by atoms with Gasteiger partial charge in [0.25, 0.3) is 10.0 Å². The van der Waals surface area contributed by atoms with Gasteiger partial charge in [-0.3, -0.25) is 0 Å². The van der Waals surface area contributed by atoms with Crippen LogP contribution in [0.5, 0.6) is 0 Å². The molecule has 17 heavy (non-hydrogen) atoms. The van der Waals surface area contributed by atoms with E-state index < -0.39 is 10.0 Å². The minimum Gasteiger partial charge on any atom is -0.447 e. The highest BCUT2D eigenvalue weighted by molar-refractivity contribution is 7.89. The predicted octanol–water partition coefficient (Wildman–Crippen LogP) is 0.314. The number of hydrogen-bond donors (Lipinski definition) is 2. The fourth-order valence-corrected chi connectivity index (χ4v) is 2.15. The molecule has 6 nitrogen and oxygen atoms in total. The Hall–Kier alpha value is -0.890. The summed E-state index contributed by atoms with van der Waals surface area (Å²) >= 11 is 0. The largest absolute Gasteiger partial charge is 0.447 e. The van der Waals surface area contributed by atoms with E-state index in [0.717, 1.165) is 6.54 Å². The van der Waals surface area contributed by atoms with Crippen molar-refractivity contribution in [3.8, 4) is 0 Å². The normalized spacial score (nSPS) is 11.9. The third-order valence-electron chi connectivity index (χ3n) is 2.05. The zero-order chi connectivity index (χ0) is 12.7. The van der Waals surface area contributed by atoms with Crippen molar-refractivity contribution in [2.75, 3.05) is 26.8 Å². The minimum atomic E-state index is -3.56. The molecule has 0 aliphatic heterocycles. The van der Waals surface area contributed by atoms with Crippen molar-refractivity contribution >= 4 is 10.0 Å². The van der Waals surface area contributed by atoms with Crippen molar-refractivity contribution in [1.29, 1.82) is 0 Å². The van der Waals surface area contributed by atoms with Crippen LogP contribution in [0, 0.1) is 0 Å². The van der Waals surface area contributed by atoms with E-state index in [4.69, 9.17) is 9.15 Å². The van der Waals surface area contributed by atoms with Crippen LogP contribution in [-0.4, -0.2) is 35.2 Å². The second kappa shape index (κ2) is 6.75. The molecule has 0 aliphatic rings. The summed E-state index contributed by atoms with van der Waals surface area (Å²) in [7, 11) is -2.05. The zero-order valence-electron chi connectivity index (χ0n) is 10.0. The maximum absolute atomic E-state index is 11.7. The maximum atomic E-state index is 11.7. The number of nitrogens with one attached hydrogen (secondary N) is 2. The fraction of sp³-hybridized carbons (Fsp3) is 0.600. The molecule has 0 fully saturated rings. The van der Waals surface area contributed by atoms with E-state index in [1.807, 2.05) is 6.92 Å². The Morgan fingerprint density at radius 3 is 2.82 bits per heavy atom. The van der Waals surface area contributed by atoms with Crippen molar-refractivity contribution < 1.29 is 17.6 Å². The van der Waals surface area contributed by atoms with Crippen molar-refractivity contribution in [2.45, 2.75) is 18.6 Å². The quantitative estimate of drug-likeness (QED) is 0.659. The number of sulfonamides is 1. The number of rotatable bonds is 8. The van der Waals surface area contributed by atoms with Crippen LogP contribution in [0.2, 0.25) is 0 Å². The average molecular weight is 262 g/mol. The Morgan fingerprint density at radius 1 is 1.41 bits per heavy atom. The topological polar surface area (TPSA) is 80.6 Å². The molecule has 0 unspecified atom stereocenters. The summed E-state index contributed by atoms with van der Waals surface area (Å²) in [6.07, 6.45) is 0. The molecular weight excluding hydrogens is 244 g/mol. The molecule has 0 aromatic carbocycles. The predicted molar refractivity (Wildman–Crippen MR) is 63.2 cm³/mol. The minimum absolute atomic E-state index is 0.0680. The molecule has 0 atom stereocenters. The first-order valence-electron chi connectivity index (χ1n) is 5.38. The van der Waals surface area contributed by atoms with Gasteiger partial charge in [0, 0.05) is 13.7 Å². The van der Waals surface area contributed by atoms with Gasteiger partial charge in [-0.25, -0.2) is 13.1 Å². The SMILES string of the molecule is CCNCc1ccc(S(=O)(=O)NCCOC)o1. The first-order valence-corrected chi connectivity index (χ1v) is 6.86. The van der Waals surface area contributed by atoms with Gasteiger partial charge in [-0.05, 0) is 18.7 Å². The molecule has 0 saturated heterocycles. The molecule has 0 amide bonds. The maximum Gasteiger partial charge on any atom is 0.274 e. The van der Waals surface area contributed by atoms with Gasteiger partial charge in [-0.15, -0.1) is 0 Å². The van der Waals surface area contributed by atoms with Crippen LogP contribution < -0.4 is 10.0 Å². The molecule has 1 heterocycles. The van der Waals surface area contributed by atoms with Gasteiger partial charge in [0.2, 0.25) is 5.09 Å². The third kappa shape index (κ3) is 4.47. The van der Waals surface area contributed by atoms with Gasteiger partial charge in [-0.2, -0.15) is 0 Å². The molecule has 7 heteroatoms. The lowest BCUT2D eigenvalue weighted by atomic mass is 10.4. The second-order valence-corrected chi connectivity index (χ2v) is 5.09. The van der Waals surface area contributed by atoms with E-state index in [1.54, 1.807) is 6.07 Å². The Labute approximate surface area is 101 Å². The van der Waals surface area contributed by atoms with Crippen LogP contribution >= 0.6 is 0 Å². The molecular formula is C10H18N2O4S. The molecule has 0 saturated carbocycles. The summed E-state index contributed by atoms with van der Waals surface area (Å²) in [6.45, 7) is 3.83. The summed E-state index contributed by atoms with van der Waals surface area (Å²) in [6, 6.07) is 3.09. The van der Waals surface area contributed by atoms with E-state index in [-0.39, 0.29) is 11.6 Å². The Kier molecular flexibility index (Phi) is 5.63. The third-order valence-corrected chi connectivity index (χ3v) is 3.38. The summed E-state index contributed by atoms with van der Waals surface area (Å²) in [5, 5.41) is 2.98. The molecule has 98 valence electrons. The van der Waals surface area contributed by atoms with Gasteiger partial charge < -0.3 is 14.5 Å². The highest BCUT2D eigenvalue weighted by atomic mass is 32.2. The van der Waals surface area contributed by atoms with Crippen LogP contribution in [0.3, 0.4) is 0 Å². The van der Waals surface area contributed by atoms with Gasteiger partial charge in [-0.1, -0.05) is 6.92 Å². The van der Waals surface area contributed by atoms with E-state index in [0.29, 0.717) is 18.9 Å². The van der Waals surface area contributed by atoms with Crippen molar-refractivity contribution in [3.63, 3.8) is 0 Å². The Morgan fingerprint density at radius 2 is 2.18 bits per heavy atom. The molecule has 1 rings (SSSR count). The second-order valence-electron chi connectivity index (χ2n) is 3.39. The lowest BCUT2D eigenvalue weighted by Gasteiger charge is -2.03. The summed E-state index contributed by atoms with van der Waals surface area (Å²) in [4.78, 5) is 0. The van der Waals surface area contributed by atoms with Gasteiger partial charge in [0.15, 0.2) is 0 Å². The molecule has 0 radical (unpaired) electrons. The van der Waals surface area contributed by atoms with Crippen LogP contribution in [-0.2, 0) is 21.3 Å². The standard InChI is InChI=1S/C10H18N2O4S/c1-3-11-8-9-4-5-10(16-9)17(13,14)12-6-7-15-2/h4-5,11-12H,3,6-8H2,1-2H3. The highest BCUT2D eigenvalue weighted by Crippen LogP contribution is 2.13. The van der Waals surface area contributed by atoms with Crippen LogP contribution in [0.25, 0.3) is 0 Å². The Balaban J connectivity index is 2.61. The van der Waals surface area contributed by atoms with E-state index in [1.165, 1.54) is 13.2 Å². The van der Waals surface area contributed by atoms with Crippen LogP contribution in [0.4, 0.5) is 0 Å². The average Bonchev–Trinajstić information content (AvgIpc) is 2.76. The zero-order valence-corrected chi connectivity index (χ0v) is 10.8. The molecule has 0 bridgehead atoms. The van der Waals surface area contributed by atoms with E-state index in [9.17, 15) is 8.42 Å². The molecule has 0 spiro atoms. The van der Waals surface area contributed by atoms with E-state index in [2.05, 4.69) is 10.0 Å². The van der Waals surface area contributed by atoms with Crippen molar-refractivity contribution in [1.82, 2.24) is 10.0 Å². The molecule has 1 aromatic rings.